The number of rotatable bonds is 5. The molecule has 2 aromatic carbocycles. The van der Waals surface area contributed by atoms with Gasteiger partial charge in [0.1, 0.15) is 5.82 Å². The summed E-state index contributed by atoms with van der Waals surface area (Å²) in [4.78, 5) is 28.7. The molecule has 1 N–H and O–H groups in total. The van der Waals surface area contributed by atoms with Crippen molar-refractivity contribution < 1.29 is 14.0 Å². The summed E-state index contributed by atoms with van der Waals surface area (Å²) < 4.78 is 13.0. The third-order valence-corrected chi connectivity index (χ3v) is 5.36. The monoisotopic (exact) mass is 417 g/mol. The molecule has 0 saturated carbocycles. The van der Waals surface area contributed by atoms with Gasteiger partial charge in [0, 0.05) is 26.2 Å². The van der Waals surface area contributed by atoms with Crippen molar-refractivity contribution in [2.45, 2.75) is 20.3 Å². The number of carbonyl (C=O) groups excluding carboxylic acids is 2. The highest BCUT2D eigenvalue weighted by molar-refractivity contribution is 6.34. The summed E-state index contributed by atoms with van der Waals surface area (Å²) in [5.41, 5.74) is 3.42. The SMILES string of the molecule is Cc1cc(C)c(NC(=O)CN2CCN(C(=O)Cc3ccc(F)cc3)CC2)c(Cl)c1. The standard InChI is InChI=1S/C22H25ClFN3O2/c1-15-11-16(2)22(19(23)12-15)25-20(28)14-26-7-9-27(10-8-26)21(29)13-17-3-5-18(24)6-4-17/h3-6,11-12H,7-10,13-14H2,1-2H3,(H,25,28). The number of hydrogen-bond acceptors (Lipinski definition) is 3. The molecule has 0 aliphatic carbocycles. The molecule has 0 bridgehead atoms. The van der Waals surface area contributed by atoms with E-state index in [4.69, 9.17) is 11.6 Å². The average molecular weight is 418 g/mol. The van der Waals surface area contributed by atoms with Crippen LogP contribution in [-0.2, 0) is 16.0 Å². The highest BCUT2D eigenvalue weighted by Gasteiger charge is 2.23. The zero-order valence-electron chi connectivity index (χ0n) is 16.7. The van der Waals surface area contributed by atoms with Gasteiger partial charge in [-0.25, -0.2) is 4.39 Å². The topological polar surface area (TPSA) is 52.7 Å². The molecule has 0 unspecified atom stereocenters. The first-order valence-electron chi connectivity index (χ1n) is 9.63. The lowest BCUT2D eigenvalue weighted by Crippen LogP contribution is -2.50. The number of piperazine rings is 1. The van der Waals surface area contributed by atoms with E-state index in [0.29, 0.717) is 36.9 Å². The molecule has 7 heteroatoms. The minimum atomic E-state index is -0.310. The molecule has 2 aromatic rings. The Balaban J connectivity index is 1.47. The molecule has 29 heavy (non-hydrogen) atoms. The van der Waals surface area contributed by atoms with Crippen molar-refractivity contribution in [3.8, 4) is 0 Å². The zero-order valence-corrected chi connectivity index (χ0v) is 17.4. The van der Waals surface area contributed by atoms with E-state index in [1.54, 1.807) is 17.0 Å². The van der Waals surface area contributed by atoms with Crippen molar-refractivity contribution in [3.05, 3.63) is 63.9 Å². The number of nitrogens with zero attached hydrogens (tertiary/aromatic N) is 2. The lowest BCUT2D eigenvalue weighted by atomic mass is 10.1. The summed E-state index contributed by atoms with van der Waals surface area (Å²) in [7, 11) is 0. The summed E-state index contributed by atoms with van der Waals surface area (Å²) >= 11 is 6.26. The van der Waals surface area contributed by atoms with E-state index in [0.717, 1.165) is 16.7 Å². The van der Waals surface area contributed by atoms with E-state index in [-0.39, 0.29) is 30.6 Å². The summed E-state index contributed by atoms with van der Waals surface area (Å²) in [6, 6.07) is 9.79. The molecular formula is C22H25ClFN3O2. The van der Waals surface area contributed by atoms with Gasteiger partial charge in [0.15, 0.2) is 0 Å². The molecule has 0 spiro atoms. The molecule has 0 radical (unpaired) electrons. The lowest BCUT2D eigenvalue weighted by Gasteiger charge is -2.34. The Hall–Kier alpha value is -2.44. The maximum Gasteiger partial charge on any atom is 0.238 e. The average Bonchev–Trinajstić information content (AvgIpc) is 2.67. The lowest BCUT2D eigenvalue weighted by molar-refractivity contribution is -0.132. The second-order valence-electron chi connectivity index (χ2n) is 7.45. The van der Waals surface area contributed by atoms with Gasteiger partial charge < -0.3 is 10.2 Å². The molecule has 1 heterocycles. The van der Waals surface area contributed by atoms with Crippen LogP contribution in [0.4, 0.5) is 10.1 Å². The van der Waals surface area contributed by atoms with E-state index in [9.17, 15) is 14.0 Å². The molecule has 1 fully saturated rings. The molecule has 0 atom stereocenters. The fraction of sp³-hybridized carbons (Fsp3) is 0.364. The van der Waals surface area contributed by atoms with Crippen LogP contribution in [-0.4, -0.2) is 54.3 Å². The quantitative estimate of drug-likeness (QED) is 0.811. The van der Waals surface area contributed by atoms with Crippen molar-refractivity contribution in [2.75, 3.05) is 38.0 Å². The Morgan fingerprint density at radius 1 is 1.07 bits per heavy atom. The molecule has 1 aliphatic heterocycles. The molecule has 5 nitrogen and oxygen atoms in total. The fourth-order valence-electron chi connectivity index (χ4n) is 3.50. The molecule has 1 aliphatic rings. The third kappa shape index (κ3) is 5.78. The highest BCUT2D eigenvalue weighted by atomic mass is 35.5. The molecule has 3 rings (SSSR count). The molecule has 1 saturated heterocycles. The van der Waals surface area contributed by atoms with Crippen LogP contribution >= 0.6 is 11.6 Å². The Bertz CT molecular complexity index is 870. The van der Waals surface area contributed by atoms with Crippen LogP contribution in [0.5, 0.6) is 0 Å². The van der Waals surface area contributed by atoms with E-state index in [1.807, 2.05) is 30.9 Å². The van der Waals surface area contributed by atoms with E-state index in [2.05, 4.69) is 5.32 Å². The van der Waals surface area contributed by atoms with Crippen molar-refractivity contribution in [1.29, 1.82) is 0 Å². The van der Waals surface area contributed by atoms with Gasteiger partial charge in [0.25, 0.3) is 0 Å². The van der Waals surface area contributed by atoms with Crippen LogP contribution in [0.15, 0.2) is 36.4 Å². The molecule has 154 valence electrons. The molecule has 0 aromatic heterocycles. The number of amides is 2. The minimum absolute atomic E-state index is 0.0165. The molecular weight excluding hydrogens is 393 g/mol. The van der Waals surface area contributed by atoms with Crippen LogP contribution < -0.4 is 5.32 Å². The maximum atomic E-state index is 13.0. The highest BCUT2D eigenvalue weighted by Crippen LogP contribution is 2.27. The van der Waals surface area contributed by atoms with E-state index in [1.165, 1.54) is 12.1 Å². The van der Waals surface area contributed by atoms with Crippen molar-refractivity contribution in [3.63, 3.8) is 0 Å². The fourth-order valence-corrected chi connectivity index (χ4v) is 3.87. The molecule has 2 amide bonds. The summed E-state index contributed by atoms with van der Waals surface area (Å²) in [6.07, 6.45) is 0.256. The Morgan fingerprint density at radius 3 is 2.34 bits per heavy atom. The van der Waals surface area contributed by atoms with Crippen LogP contribution in [0.1, 0.15) is 16.7 Å². The second-order valence-corrected chi connectivity index (χ2v) is 7.85. The number of benzene rings is 2. The van der Waals surface area contributed by atoms with Gasteiger partial charge in [0.2, 0.25) is 11.8 Å². The van der Waals surface area contributed by atoms with Gasteiger partial charge in [0.05, 0.1) is 23.7 Å². The number of anilines is 1. The Morgan fingerprint density at radius 2 is 1.72 bits per heavy atom. The van der Waals surface area contributed by atoms with Gasteiger partial charge in [-0.1, -0.05) is 29.8 Å². The summed E-state index contributed by atoms with van der Waals surface area (Å²) in [6.45, 7) is 6.52. The van der Waals surface area contributed by atoms with Crippen LogP contribution in [0.3, 0.4) is 0 Å². The largest absolute Gasteiger partial charge is 0.340 e. The van der Waals surface area contributed by atoms with Gasteiger partial charge in [-0.3, -0.25) is 14.5 Å². The number of nitrogens with one attached hydrogen (secondary N) is 1. The van der Waals surface area contributed by atoms with Gasteiger partial charge in [-0.05, 0) is 48.7 Å². The zero-order chi connectivity index (χ0) is 21.0. The number of aryl methyl sites for hydroxylation is 2. The number of carbonyl (C=O) groups is 2. The first kappa shape index (κ1) is 21.3. The predicted octanol–water partition coefficient (Wildman–Crippen LogP) is 3.42. The third-order valence-electron chi connectivity index (χ3n) is 5.06. The Kier molecular flexibility index (Phi) is 6.87. The van der Waals surface area contributed by atoms with Crippen LogP contribution in [0, 0.1) is 19.7 Å². The normalized spacial score (nSPS) is 14.7. The Labute approximate surface area is 175 Å². The predicted molar refractivity (Wildman–Crippen MR) is 113 cm³/mol. The maximum absolute atomic E-state index is 13.0. The number of halogens is 2. The van der Waals surface area contributed by atoms with Gasteiger partial charge in [-0.2, -0.15) is 0 Å². The first-order valence-corrected chi connectivity index (χ1v) is 10.0. The summed E-state index contributed by atoms with van der Waals surface area (Å²) in [5, 5.41) is 3.43. The van der Waals surface area contributed by atoms with E-state index < -0.39 is 0 Å². The van der Waals surface area contributed by atoms with Gasteiger partial charge >= 0.3 is 0 Å². The number of hydrogen-bond donors (Lipinski definition) is 1. The summed E-state index contributed by atoms with van der Waals surface area (Å²) in [5.74, 6) is -0.414. The minimum Gasteiger partial charge on any atom is -0.340 e. The van der Waals surface area contributed by atoms with Crippen LogP contribution in [0.2, 0.25) is 5.02 Å². The van der Waals surface area contributed by atoms with Crippen LogP contribution in [0.25, 0.3) is 0 Å². The van der Waals surface area contributed by atoms with Crippen molar-refractivity contribution >= 4 is 29.1 Å². The smallest absolute Gasteiger partial charge is 0.238 e. The second kappa shape index (κ2) is 9.37. The van der Waals surface area contributed by atoms with Gasteiger partial charge in [-0.15, -0.1) is 0 Å². The first-order chi connectivity index (χ1) is 13.8. The van der Waals surface area contributed by atoms with Crippen molar-refractivity contribution in [1.82, 2.24) is 9.80 Å². The van der Waals surface area contributed by atoms with Crippen molar-refractivity contribution in [2.24, 2.45) is 0 Å². The van der Waals surface area contributed by atoms with E-state index >= 15 is 0 Å².